The van der Waals surface area contributed by atoms with Crippen LogP contribution in [0.4, 0.5) is 0 Å². The average molecular weight is 224 g/mol. The predicted molar refractivity (Wildman–Crippen MR) is 71.2 cm³/mol. The van der Waals surface area contributed by atoms with Crippen molar-refractivity contribution in [1.29, 1.82) is 0 Å². The van der Waals surface area contributed by atoms with Crippen molar-refractivity contribution in [2.45, 2.75) is 78.7 Å². The normalized spacial score (nSPS) is 13.1. The van der Waals surface area contributed by atoms with Crippen molar-refractivity contribution in [3.63, 3.8) is 0 Å². The molecule has 1 atom stereocenters. The second-order valence-electron chi connectivity index (χ2n) is 5.78. The van der Waals surface area contributed by atoms with Crippen molar-refractivity contribution in [3.8, 4) is 11.8 Å². The Labute approximate surface area is 102 Å². The van der Waals surface area contributed by atoms with E-state index in [-0.39, 0.29) is 0 Å². The van der Waals surface area contributed by atoms with E-state index in [4.69, 9.17) is 0 Å². The van der Waals surface area contributed by atoms with Crippen molar-refractivity contribution in [1.82, 2.24) is 0 Å². The van der Waals surface area contributed by atoms with Gasteiger partial charge in [-0.3, -0.25) is 0 Å². The Bertz CT molecular complexity index is 214. The molecule has 0 bridgehead atoms. The second-order valence-corrected chi connectivity index (χ2v) is 5.78. The zero-order valence-electron chi connectivity index (χ0n) is 11.5. The molecule has 1 nitrogen and oxygen atoms in total. The quantitative estimate of drug-likeness (QED) is 0.509. The molecule has 0 amide bonds. The molecule has 1 unspecified atom stereocenters. The van der Waals surface area contributed by atoms with Gasteiger partial charge < -0.3 is 5.11 Å². The van der Waals surface area contributed by atoms with Crippen molar-refractivity contribution < 1.29 is 5.11 Å². The molecule has 0 rings (SSSR count). The summed E-state index contributed by atoms with van der Waals surface area (Å²) < 4.78 is 0. The molecule has 0 aliphatic carbocycles. The van der Waals surface area contributed by atoms with E-state index >= 15 is 0 Å². The number of aliphatic hydroxyl groups excluding tert-OH is 1. The molecule has 0 aromatic carbocycles. The van der Waals surface area contributed by atoms with Crippen LogP contribution in [0, 0.1) is 17.3 Å². The van der Waals surface area contributed by atoms with E-state index in [0.29, 0.717) is 5.41 Å². The van der Waals surface area contributed by atoms with Crippen LogP contribution in [-0.2, 0) is 0 Å². The Morgan fingerprint density at radius 3 is 2.12 bits per heavy atom. The number of hydrogen-bond donors (Lipinski definition) is 1. The standard InChI is InChI=1S/C15H28O/c1-5-11-14(16)12-9-7-6-8-10-13-15(2,3)4/h14,16H,6-10,12-13H2,1-4H3. The van der Waals surface area contributed by atoms with Crippen LogP contribution < -0.4 is 0 Å². The van der Waals surface area contributed by atoms with E-state index in [0.717, 1.165) is 12.8 Å². The highest BCUT2D eigenvalue weighted by Crippen LogP contribution is 2.22. The maximum Gasteiger partial charge on any atom is 0.114 e. The maximum absolute atomic E-state index is 9.38. The summed E-state index contributed by atoms with van der Waals surface area (Å²) in [5.74, 6) is 5.52. The van der Waals surface area contributed by atoms with Gasteiger partial charge in [0.1, 0.15) is 6.10 Å². The lowest BCUT2D eigenvalue weighted by Crippen LogP contribution is -2.04. The van der Waals surface area contributed by atoms with E-state index in [1.807, 2.05) is 0 Å². The summed E-state index contributed by atoms with van der Waals surface area (Å²) in [6.45, 7) is 8.67. The van der Waals surface area contributed by atoms with Gasteiger partial charge >= 0.3 is 0 Å². The fraction of sp³-hybridized carbons (Fsp3) is 0.867. The maximum atomic E-state index is 9.38. The van der Waals surface area contributed by atoms with Crippen LogP contribution in [0.3, 0.4) is 0 Å². The third kappa shape index (κ3) is 11.6. The van der Waals surface area contributed by atoms with Gasteiger partial charge in [0, 0.05) is 0 Å². The molecule has 0 aromatic heterocycles. The molecular formula is C15H28O. The first-order valence-electron chi connectivity index (χ1n) is 6.56. The molecule has 1 heteroatoms. The van der Waals surface area contributed by atoms with Crippen molar-refractivity contribution >= 4 is 0 Å². The zero-order chi connectivity index (χ0) is 12.4. The smallest absolute Gasteiger partial charge is 0.114 e. The van der Waals surface area contributed by atoms with Crippen molar-refractivity contribution in [2.75, 3.05) is 0 Å². The summed E-state index contributed by atoms with van der Waals surface area (Å²) in [6, 6.07) is 0. The van der Waals surface area contributed by atoms with Crippen molar-refractivity contribution in [3.05, 3.63) is 0 Å². The van der Waals surface area contributed by atoms with Gasteiger partial charge in [-0.25, -0.2) is 0 Å². The second kappa shape index (κ2) is 8.65. The van der Waals surface area contributed by atoms with Gasteiger partial charge in [-0.2, -0.15) is 0 Å². The minimum atomic E-state index is -0.403. The SMILES string of the molecule is CC#CC(O)CCCCCCCC(C)(C)C. The lowest BCUT2D eigenvalue weighted by Gasteiger charge is -2.17. The Morgan fingerprint density at radius 2 is 1.56 bits per heavy atom. The zero-order valence-corrected chi connectivity index (χ0v) is 11.5. The Kier molecular flexibility index (Phi) is 8.39. The van der Waals surface area contributed by atoms with Gasteiger partial charge in [-0.1, -0.05) is 52.4 Å². The number of rotatable bonds is 7. The summed E-state index contributed by atoms with van der Waals surface area (Å²) >= 11 is 0. The van der Waals surface area contributed by atoms with Crippen LogP contribution in [0.15, 0.2) is 0 Å². The van der Waals surface area contributed by atoms with Crippen molar-refractivity contribution in [2.24, 2.45) is 5.41 Å². The third-order valence-electron chi connectivity index (χ3n) is 2.72. The van der Waals surface area contributed by atoms with Crippen LogP contribution in [0.25, 0.3) is 0 Å². The van der Waals surface area contributed by atoms with Gasteiger partial charge in [0.25, 0.3) is 0 Å². The highest BCUT2D eigenvalue weighted by atomic mass is 16.3. The average Bonchev–Trinajstić information content (AvgIpc) is 2.15. The van der Waals surface area contributed by atoms with Gasteiger partial charge in [-0.15, -0.1) is 5.92 Å². The molecule has 94 valence electrons. The molecule has 0 fully saturated rings. The lowest BCUT2D eigenvalue weighted by molar-refractivity contribution is 0.217. The summed E-state index contributed by atoms with van der Waals surface area (Å²) in [7, 11) is 0. The molecule has 0 heterocycles. The van der Waals surface area contributed by atoms with Gasteiger partial charge in [0.2, 0.25) is 0 Å². The molecule has 0 aliphatic heterocycles. The Balaban J connectivity index is 3.24. The molecule has 0 aromatic rings. The van der Waals surface area contributed by atoms with E-state index in [1.54, 1.807) is 6.92 Å². The highest BCUT2D eigenvalue weighted by Gasteiger charge is 2.08. The fourth-order valence-corrected chi connectivity index (χ4v) is 1.76. The first kappa shape index (κ1) is 15.5. The molecule has 0 aliphatic rings. The van der Waals surface area contributed by atoms with E-state index < -0.39 is 6.10 Å². The van der Waals surface area contributed by atoms with Gasteiger partial charge in [-0.05, 0) is 31.6 Å². The first-order chi connectivity index (χ1) is 7.45. The Hall–Kier alpha value is -0.480. The molecule has 0 saturated carbocycles. The fourth-order valence-electron chi connectivity index (χ4n) is 1.76. The number of unbranched alkanes of at least 4 members (excludes halogenated alkanes) is 4. The number of aliphatic hydroxyl groups is 1. The van der Waals surface area contributed by atoms with E-state index in [2.05, 4.69) is 32.6 Å². The van der Waals surface area contributed by atoms with Crippen LogP contribution in [-0.4, -0.2) is 11.2 Å². The topological polar surface area (TPSA) is 20.2 Å². The molecular weight excluding hydrogens is 196 g/mol. The van der Waals surface area contributed by atoms with Crippen LogP contribution in [0.5, 0.6) is 0 Å². The summed E-state index contributed by atoms with van der Waals surface area (Å²) in [6.07, 6.45) is 8.03. The van der Waals surface area contributed by atoms with Crippen LogP contribution in [0.1, 0.15) is 72.6 Å². The van der Waals surface area contributed by atoms with E-state index in [1.165, 1.54) is 32.1 Å². The minimum Gasteiger partial charge on any atom is -0.380 e. The molecule has 0 radical (unpaired) electrons. The van der Waals surface area contributed by atoms with E-state index in [9.17, 15) is 5.11 Å². The highest BCUT2D eigenvalue weighted by molar-refractivity contribution is 5.01. The van der Waals surface area contributed by atoms with Crippen LogP contribution in [0.2, 0.25) is 0 Å². The predicted octanol–water partition coefficient (Wildman–Crippen LogP) is 4.15. The van der Waals surface area contributed by atoms with Gasteiger partial charge in [0.15, 0.2) is 0 Å². The minimum absolute atomic E-state index is 0.403. The molecule has 1 N–H and O–H groups in total. The first-order valence-corrected chi connectivity index (χ1v) is 6.56. The largest absolute Gasteiger partial charge is 0.380 e. The summed E-state index contributed by atoms with van der Waals surface area (Å²) in [5.41, 5.74) is 0.479. The van der Waals surface area contributed by atoms with Gasteiger partial charge in [0.05, 0.1) is 0 Å². The van der Waals surface area contributed by atoms with Crippen LogP contribution >= 0.6 is 0 Å². The molecule has 0 saturated heterocycles. The lowest BCUT2D eigenvalue weighted by atomic mass is 9.89. The summed E-state index contributed by atoms with van der Waals surface area (Å²) in [4.78, 5) is 0. The molecule has 0 spiro atoms. The summed E-state index contributed by atoms with van der Waals surface area (Å²) in [5, 5.41) is 9.38. The third-order valence-corrected chi connectivity index (χ3v) is 2.72. The molecule has 16 heavy (non-hydrogen) atoms. The Morgan fingerprint density at radius 1 is 1.00 bits per heavy atom. The monoisotopic (exact) mass is 224 g/mol. The number of hydrogen-bond acceptors (Lipinski definition) is 1.